The predicted octanol–water partition coefficient (Wildman–Crippen LogP) is 2.94. The summed E-state index contributed by atoms with van der Waals surface area (Å²) in [5, 5.41) is 0. The first-order valence-corrected chi connectivity index (χ1v) is 7.05. The second-order valence-corrected chi connectivity index (χ2v) is 4.71. The molecule has 0 saturated carbocycles. The van der Waals surface area contributed by atoms with Gasteiger partial charge in [0.15, 0.2) is 5.41 Å². The number of allylic oxidation sites excluding steroid dienone is 1. The molecule has 21 heavy (non-hydrogen) atoms. The van der Waals surface area contributed by atoms with Gasteiger partial charge in [-0.15, -0.1) is 6.58 Å². The predicted molar refractivity (Wildman–Crippen MR) is 80.9 cm³/mol. The first-order chi connectivity index (χ1) is 10.0. The summed E-state index contributed by atoms with van der Waals surface area (Å²) in [6.07, 6.45) is 1.67. The number of hydrogen-bond donors (Lipinski definition) is 0. The van der Waals surface area contributed by atoms with E-state index in [2.05, 4.69) is 6.58 Å². The van der Waals surface area contributed by atoms with Gasteiger partial charge in [-0.05, 0) is 32.8 Å². The lowest BCUT2D eigenvalue weighted by atomic mass is 9.77. The van der Waals surface area contributed by atoms with E-state index < -0.39 is 17.4 Å². The van der Waals surface area contributed by atoms with Crippen molar-refractivity contribution in [2.45, 2.75) is 32.6 Å². The molecule has 0 saturated heterocycles. The lowest BCUT2D eigenvalue weighted by Gasteiger charge is -2.28. The van der Waals surface area contributed by atoms with Crippen LogP contribution in [0, 0.1) is 6.92 Å². The van der Waals surface area contributed by atoms with Crippen molar-refractivity contribution in [1.82, 2.24) is 0 Å². The van der Waals surface area contributed by atoms with Crippen LogP contribution in [-0.2, 0) is 24.5 Å². The number of aryl methyl sites for hydroxylation is 1. The molecule has 1 rings (SSSR count). The highest BCUT2D eigenvalue weighted by atomic mass is 16.6. The molecule has 0 aromatic heterocycles. The van der Waals surface area contributed by atoms with Gasteiger partial charge in [0, 0.05) is 0 Å². The Kier molecular flexibility index (Phi) is 6.15. The van der Waals surface area contributed by atoms with E-state index in [9.17, 15) is 9.59 Å². The Morgan fingerprint density at radius 1 is 1.10 bits per heavy atom. The normalized spacial score (nSPS) is 10.8. The highest BCUT2D eigenvalue weighted by Crippen LogP contribution is 2.32. The second-order valence-electron chi connectivity index (χ2n) is 4.71. The Morgan fingerprint density at radius 3 is 1.95 bits per heavy atom. The van der Waals surface area contributed by atoms with Crippen molar-refractivity contribution < 1.29 is 19.1 Å². The number of benzene rings is 1. The van der Waals surface area contributed by atoms with Crippen LogP contribution >= 0.6 is 0 Å². The molecule has 0 aliphatic carbocycles. The fourth-order valence-corrected chi connectivity index (χ4v) is 2.17. The summed E-state index contributed by atoms with van der Waals surface area (Å²) >= 11 is 0. The maximum atomic E-state index is 12.5. The molecule has 1 aromatic carbocycles. The lowest BCUT2D eigenvalue weighted by Crippen LogP contribution is -2.46. The van der Waals surface area contributed by atoms with Gasteiger partial charge in [0.2, 0.25) is 0 Å². The third kappa shape index (κ3) is 3.51. The number of carbonyl (C=O) groups excluding carboxylic acids is 2. The summed E-state index contributed by atoms with van der Waals surface area (Å²) in [6, 6.07) is 7.22. The van der Waals surface area contributed by atoms with Crippen LogP contribution in [0.25, 0.3) is 0 Å². The van der Waals surface area contributed by atoms with Gasteiger partial charge in [-0.3, -0.25) is 9.59 Å². The average molecular weight is 290 g/mol. The molecule has 0 bridgehead atoms. The van der Waals surface area contributed by atoms with E-state index in [1.807, 2.05) is 19.1 Å². The van der Waals surface area contributed by atoms with Gasteiger partial charge in [0.25, 0.3) is 0 Å². The fourth-order valence-electron chi connectivity index (χ4n) is 2.17. The number of rotatable bonds is 7. The second kappa shape index (κ2) is 7.62. The van der Waals surface area contributed by atoms with Gasteiger partial charge >= 0.3 is 11.9 Å². The van der Waals surface area contributed by atoms with Gasteiger partial charge in [-0.2, -0.15) is 0 Å². The highest BCUT2D eigenvalue weighted by Gasteiger charge is 2.49. The fraction of sp³-hybridized carbons (Fsp3) is 0.412. The third-order valence-electron chi connectivity index (χ3n) is 3.24. The molecule has 0 aliphatic rings. The van der Waals surface area contributed by atoms with E-state index in [1.165, 1.54) is 6.08 Å². The zero-order valence-corrected chi connectivity index (χ0v) is 12.8. The van der Waals surface area contributed by atoms with Crippen LogP contribution in [0.4, 0.5) is 0 Å². The standard InChI is InChI=1S/C17H22O4/c1-5-12-17(15(18)20-6-2,16(19)21-7-3)14-10-8-13(4)9-11-14/h5,8-11H,1,6-7,12H2,2-4H3. The van der Waals surface area contributed by atoms with Crippen molar-refractivity contribution in [2.75, 3.05) is 13.2 Å². The van der Waals surface area contributed by atoms with Gasteiger partial charge in [0.1, 0.15) is 0 Å². The summed E-state index contributed by atoms with van der Waals surface area (Å²) < 4.78 is 10.2. The zero-order valence-electron chi connectivity index (χ0n) is 12.8. The van der Waals surface area contributed by atoms with E-state index in [-0.39, 0.29) is 19.6 Å². The van der Waals surface area contributed by atoms with Gasteiger partial charge < -0.3 is 9.47 Å². The van der Waals surface area contributed by atoms with E-state index in [0.29, 0.717) is 5.56 Å². The summed E-state index contributed by atoms with van der Waals surface area (Å²) in [6.45, 7) is 9.40. The van der Waals surface area contributed by atoms with Crippen LogP contribution in [-0.4, -0.2) is 25.2 Å². The molecule has 0 fully saturated rings. The smallest absolute Gasteiger partial charge is 0.328 e. The first kappa shape index (κ1) is 17.0. The molecule has 114 valence electrons. The monoisotopic (exact) mass is 290 g/mol. The molecule has 0 unspecified atom stereocenters. The number of carbonyl (C=O) groups is 2. The van der Waals surface area contributed by atoms with Crippen molar-refractivity contribution in [1.29, 1.82) is 0 Å². The molecule has 0 spiro atoms. The molecule has 1 aromatic rings. The van der Waals surface area contributed by atoms with Crippen molar-refractivity contribution >= 4 is 11.9 Å². The van der Waals surface area contributed by atoms with Crippen molar-refractivity contribution in [2.24, 2.45) is 0 Å². The van der Waals surface area contributed by atoms with E-state index in [1.54, 1.807) is 26.0 Å². The number of esters is 2. The van der Waals surface area contributed by atoms with Crippen LogP contribution in [0.2, 0.25) is 0 Å². The van der Waals surface area contributed by atoms with Crippen molar-refractivity contribution in [3.8, 4) is 0 Å². The van der Waals surface area contributed by atoms with E-state index in [4.69, 9.17) is 9.47 Å². The molecule has 0 aliphatic heterocycles. The number of hydrogen-bond acceptors (Lipinski definition) is 4. The first-order valence-electron chi connectivity index (χ1n) is 7.05. The summed E-state index contributed by atoms with van der Waals surface area (Å²) in [5.41, 5.74) is 0.116. The summed E-state index contributed by atoms with van der Waals surface area (Å²) in [4.78, 5) is 25.0. The molecular formula is C17H22O4. The Balaban J connectivity index is 3.41. The quantitative estimate of drug-likeness (QED) is 0.440. The molecular weight excluding hydrogens is 268 g/mol. The van der Waals surface area contributed by atoms with Crippen LogP contribution in [0.1, 0.15) is 31.4 Å². The number of ether oxygens (including phenoxy) is 2. The molecule has 0 radical (unpaired) electrons. The van der Waals surface area contributed by atoms with E-state index >= 15 is 0 Å². The van der Waals surface area contributed by atoms with Crippen LogP contribution in [0.15, 0.2) is 36.9 Å². The molecule has 0 heterocycles. The SMILES string of the molecule is C=CCC(C(=O)OCC)(C(=O)OCC)c1ccc(C)cc1. The topological polar surface area (TPSA) is 52.6 Å². The Labute approximate surface area is 125 Å². The van der Waals surface area contributed by atoms with Crippen LogP contribution < -0.4 is 0 Å². The Bertz CT molecular complexity index is 484. The maximum Gasteiger partial charge on any atom is 0.328 e. The largest absolute Gasteiger partial charge is 0.465 e. The van der Waals surface area contributed by atoms with Crippen molar-refractivity contribution in [3.05, 3.63) is 48.0 Å². The minimum atomic E-state index is -1.48. The summed E-state index contributed by atoms with van der Waals surface area (Å²) in [5.74, 6) is -1.21. The highest BCUT2D eigenvalue weighted by molar-refractivity contribution is 6.06. The summed E-state index contributed by atoms with van der Waals surface area (Å²) in [7, 11) is 0. The van der Waals surface area contributed by atoms with Gasteiger partial charge in [0.05, 0.1) is 13.2 Å². The van der Waals surface area contributed by atoms with Gasteiger partial charge in [-0.25, -0.2) is 0 Å². The minimum absolute atomic E-state index is 0.133. The maximum absolute atomic E-state index is 12.5. The zero-order chi connectivity index (χ0) is 15.9. The van der Waals surface area contributed by atoms with Crippen LogP contribution in [0.3, 0.4) is 0 Å². The molecule has 4 nitrogen and oxygen atoms in total. The lowest BCUT2D eigenvalue weighted by molar-refractivity contribution is -0.164. The minimum Gasteiger partial charge on any atom is -0.465 e. The molecule has 0 atom stereocenters. The average Bonchev–Trinajstić information content (AvgIpc) is 2.46. The molecule has 0 amide bonds. The van der Waals surface area contributed by atoms with Crippen molar-refractivity contribution in [3.63, 3.8) is 0 Å². The van der Waals surface area contributed by atoms with E-state index in [0.717, 1.165) is 5.56 Å². The Hall–Kier alpha value is -2.10. The molecule has 0 N–H and O–H groups in total. The molecule has 4 heteroatoms. The van der Waals surface area contributed by atoms with Gasteiger partial charge in [-0.1, -0.05) is 35.9 Å². The third-order valence-corrected chi connectivity index (χ3v) is 3.24. The Morgan fingerprint density at radius 2 is 1.57 bits per heavy atom. The van der Waals surface area contributed by atoms with Crippen LogP contribution in [0.5, 0.6) is 0 Å².